The van der Waals surface area contributed by atoms with Gasteiger partial charge in [0.1, 0.15) is 0 Å². The molecule has 1 aliphatic heterocycles. The molecule has 104 valence electrons. The van der Waals surface area contributed by atoms with E-state index in [-0.39, 0.29) is 11.9 Å². The maximum atomic E-state index is 12.0. The third kappa shape index (κ3) is 2.72. The van der Waals surface area contributed by atoms with Gasteiger partial charge in [-0.1, -0.05) is 15.9 Å². The van der Waals surface area contributed by atoms with Crippen LogP contribution < -0.4 is 5.32 Å². The minimum atomic E-state index is -0.353. The average molecular weight is 336 g/mol. The van der Waals surface area contributed by atoms with Gasteiger partial charge in [-0.05, 0) is 48.7 Å². The lowest BCUT2D eigenvalue weighted by molar-refractivity contribution is -0.124. The molecule has 1 aliphatic rings. The van der Waals surface area contributed by atoms with Crippen molar-refractivity contribution in [2.45, 2.75) is 25.3 Å². The van der Waals surface area contributed by atoms with Gasteiger partial charge in [0.25, 0.3) is 0 Å². The number of rotatable bonds is 2. The molecule has 0 unspecified atom stereocenters. The minimum Gasteiger partial charge on any atom is -0.354 e. The predicted molar refractivity (Wildman–Crippen MR) is 76.9 cm³/mol. The highest BCUT2D eigenvalue weighted by Gasteiger charge is 2.25. The number of hydrogen-bond donors (Lipinski definition) is 1. The van der Waals surface area contributed by atoms with Crippen LogP contribution in [0.1, 0.15) is 25.3 Å². The second kappa shape index (κ2) is 5.70. The van der Waals surface area contributed by atoms with Crippen LogP contribution in [0, 0.1) is 0 Å². The van der Waals surface area contributed by atoms with Crippen molar-refractivity contribution in [3.05, 3.63) is 28.7 Å². The van der Waals surface area contributed by atoms with Crippen molar-refractivity contribution < 1.29 is 4.79 Å². The Morgan fingerprint density at radius 1 is 1.25 bits per heavy atom. The summed E-state index contributed by atoms with van der Waals surface area (Å²) in [6.45, 7) is 0.726. The van der Waals surface area contributed by atoms with E-state index in [2.05, 4.69) is 36.7 Å². The molecule has 3 rings (SSSR count). The Kier molecular flexibility index (Phi) is 3.77. The van der Waals surface area contributed by atoms with E-state index in [0.717, 1.165) is 35.8 Å². The van der Waals surface area contributed by atoms with Crippen LogP contribution in [0.25, 0.3) is 11.4 Å². The van der Waals surface area contributed by atoms with Crippen molar-refractivity contribution in [2.24, 2.45) is 0 Å². The van der Waals surface area contributed by atoms with Crippen molar-refractivity contribution in [3.63, 3.8) is 0 Å². The van der Waals surface area contributed by atoms with E-state index < -0.39 is 0 Å². The number of carbonyl (C=O) groups excluding carboxylic acids is 1. The Hall–Kier alpha value is -1.76. The fourth-order valence-electron chi connectivity index (χ4n) is 2.22. The number of nitrogens with zero attached hydrogens (tertiary/aromatic N) is 4. The molecule has 20 heavy (non-hydrogen) atoms. The monoisotopic (exact) mass is 335 g/mol. The van der Waals surface area contributed by atoms with Crippen molar-refractivity contribution in [2.75, 3.05) is 6.54 Å². The summed E-state index contributed by atoms with van der Waals surface area (Å²) in [7, 11) is 0. The third-order valence-electron chi connectivity index (χ3n) is 3.32. The average Bonchev–Trinajstić information content (AvgIpc) is 2.83. The molecule has 1 amide bonds. The first-order valence-corrected chi connectivity index (χ1v) is 7.36. The molecule has 0 radical (unpaired) electrons. The summed E-state index contributed by atoms with van der Waals surface area (Å²) >= 11 is 3.39. The van der Waals surface area contributed by atoms with E-state index in [1.807, 2.05) is 24.3 Å². The van der Waals surface area contributed by atoms with Crippen LogP contribution in [0.5, 0.6) is 0 Å². The predicted octanol–water partition coefficient (Wildman–Crippen LogP) is 1.94. The number of nitrogens with one attached hydrogen (secondary N) is 1. The number of aromatic nitrogens is 4. The summed E-state index contributed by atoms with van der Waals surface area (Å²) in [4.78, 5) is 13.4. The largest absolute Gasteiger partial charge is 0.354 e. The summed E-state index contributed by atoms with van der Waals surface area (Å²) in [6.07, 6.45) is 2.73. The van der Waals surface area contributed by atoms with Crippen LogP contribution in [-0.4, -0.2) is 32.7 Å². The van der Waals surface area contributed by atoms with Gasteiger partial charge in [-0.3, -0.25) is 4.79 Å². The molecule has 6 nitrogen and oxygen atoms in total. The third-order valence-corrected chi connectivity index (χ3v) is 3.84. The standard InChI is InChI=1S/C13H14BrN5O/c14-10-6-4-9(5-7-10)12-16-18-19(17-12)11-3-1-2-8-15-13(11)20/h4-7,11H,1-3,8H2,(H,15,20)/t11-/m1/s1. The van der Waals surface area contributed by atoms with E-state index in [9.17, 15) is 4.79 Å². The van der Waals surface area contributed by atoms with Crippen LogP contribution >= 0.6 is 15.9 Å². The van der Waals surface area contributed by atoms with Gasteiger partial charge in [0.2, 0.25) is 11.7 Å². The first-order chi connectivity index (χ1) is 9.74. The number of carbonyl (C=O) groups is 1. The van der Waals surface area contributed by atoms with E-state index >= 15 is 0 Å². The SMILES string of the molecule is O=C1NCCCC[C@H]1n1nnc(-c2ccc(Br)cc2)n1. The topological polar surface area (TPSA) is 72.7 Å². The molecular weight excluding hydrogens is 322 g/mol. The molecule has 0 spiro atoms. The van der Waals surface area contributed by atoms with E-state index in [0.29, 0.717) is 5.82 Å². The molecule has 7 heteroatoms. The van der Waals surface area contributed by atoms with E-state index in [1.54, 1.807) is 0 Å². The lowest BCUT2D eigenvalue weighted by Crippen LogP contribution is -2.32. The quantitative estimate of drug-likeness (QED) is 0.910. The summed E-state index contributed by atoms with van der Waals surface area (Å²) in [6, 6.07) is 7.33. The fourth-order valence-corrected chi connectivity index (χ4v) is 2.48. The number of benzene rings is 1. The maximum Gasteiger partial charge on any atom is 0.246 e. The van der Waals surface area contributed by atoms with Crippen molar-refractivity contribution >= 4 is 21.8 Å². The van der Waals surface area contributed by atoms with Gasteiger partial charge in [-0.25, -0.2) is 0 Å². The van der Waals surface area contributed by atoms with Crippen molar-refractivity contribution in [1.82, 2.24) is 25.5 Å². The van der Waals surface area contributed by atoms with Gasteiger partial charge in [0, 0.05) is 16.6 Å². The van der Waals surface area contributed by atoms with Crippen molar-refractivity contribution in [3.8, 4) is 11.4 Å². The minimum absolute atomic E-state index is 0.0257. The molecule has 1 saturated heterocycles. The molecule has 2 aromatic rings. The molecule has 1 aromatic carbocycles. The maximum absolute atomic E-state index is 12.0. The number of amides is 1. The highest BCUT2D eigenvalue weighted by molar-refractivity contribution is 9.10. The van der Waals surface area contributed by atoms with E-state index in [1.165, 1.54) is 4.80 Å². The molecule has 2 heterocycles. The zero-order valence-corrected chi connectivity index (χ0v) is 12.4. The highest BCUT2D eigenvalue weighted by Crippen LogP contribution is 2.20. The van der Waals surface area contributed by atoms with Crippen molar-refractivity contribution in [1.29, 1.82) is 0 Å². The van der Waals surface area contributed by atoms with Gasteiger partial charge in [0.15, 0.2) is 6.04 Å². The Morgan fingerprint density at radius 2 is 2.05 bits per heavy atom. The van der Waals surface area contributed by atoms with Gasteiger partial charge in [-0.2, -0.15) is 4.80 Å². The molecule has 1 fully saturated rings. The number of hydrogen-bond acceptors (Lipinski definition) is 4. The van der Waals surface area contributed by atoms with Gasteiger partial charge >= 0.3 is 0 Å². The molecule has 0 aliphatic carbocycles. The van der Waals surface area contributed by atoms with Crippen LogP contribution in [0.4, 0.5) is 0 Å². The van der Waals surface area contributed by atoms with E-state index in [4.69, 9.17) is 0 Å². The Morgan fingerprint density at radius 3 is 2.85 bits per heavy atom. The number of halogens is 1. The summed E-state index contributed by atoms with van der Waals surface area (Å²) in [5, 5.41) is 15.3. The molecule has 0 bridgehead atoms. The zero-order valence-electron chi connectivity index (χ0n) is 10.8. The first kappa shape index (κ1) is 13.2. The lowest BCUT2D eigenvalue weighted by atomic mass is 10.1. The Bertz CT molecular complexity index is 609. The summed E-state index contributed by atoms with van der Waals surface area (Å²) in [5.74, 6) is 0.511. The Balaban J connectivity index is 1.85. The van der Waals surface area contributed by atoms with Gasteiger partial charge in [0.05, 0.1) is 0 Å². The fraction of sp³-hybridized carbons (Fsp3) is 0.385. The Labute approximate surface area is 124 Å². The second-order valence-electron chi connectivity index (χ2n) is 4.74. The summed E-state index contributed by atoms with van der Waals surface area (Å²) < 4.78 is 0.997. The van der Waals surface area contributed by atoms with Crippen LogP contribution in [0.3, 0.4) is 0 Å². The van der Waals surface area contributed by atoms with Crippen LogP contribution in [0.15, 0.2) is 28.7 Å². The molecular formula is C13H14BrN5O. The molecule has 1 aromatic heterocycles. The highest BCUT2D eigenvalue weighted by atomic mass is 79.9. The lowest BCUT2D eigenvalue weighted by Gasteiger charge is -2.10. The van der Waals surface area contributed by atoms with Crippen LogP contribution in [-0.2, 0) is 4.79 Å². The molecule has 0 saturated carbocycles. The van der Waals surface area contributed by atoms with Crippen LogP contribution in [0.2, 0.25) is 0 Å². The zero-order chi connectivity index (χ0) is 13.9. The number of tetrazole rings is 1. The first-order valence-electron chi connectivity index (χ1n) is 6.57. The summed E-state index contributed by atoms with van der Waals surface area (Å²) in [5.41, 5.74) is 0.883. The normalized spacial score (nSPS) is 19.4. The van der Waals surface area contributed by atoms with Gasteiger partial charge in [-0.15, -0.1) is 10.2 Å². The molecule has 1 atom stereocenters. The van der Waals surface area contributed by atoms with Gasteiger partial charge < -0.3 is 5.32 Å². The smallest absolute Gasteiger partial charge is 0.246 e. The second-order valence-corrected chi connectivity index (χ2v) is 5.66. The molecule has 1 N–H and O–H groups in total.